The van der Waals surface area contributed by atoms with Crippen molar-refractivity contribution in [2.45, 2.75) is 6.42 Å². The predicted octanol–water partition coefficient (Wildman–Crippen LogP) is 3.52. The zero-order chi connectivity index (χ0) is 13.0. The first-order valence-corrected chi connectivity index (χ1v) is 6.25. The zero-order valence-corrected chi connectivity index (χ0v) is 11.1. The third-order valence-corrected chi connectivity index (χ3v) is 3.07. The first kappa shape index (κ1) is 12.9. The summed E-state index contributed by atoms with van der Waals surface area (Å²) < 4.78 is 5.37. The maximum Gasteiger partial charge on any atom is 0.126 e. The van der Waals surface area contributed by atoms with Crippen LogP contribution in [0.1, 0.15) is 5.56 Å². The molecule has 0 atom stereocenters. The molecular weight excluding hydrogens is 246 g/mol. The molecule has 18 heavy (non-hydrogen) atoms. The lowest BCUT2D eigenvalue weighted by Crippen LogP contribution is -2.02. The number of methoxy groups -OCH3 is 1. The summed E-state index contributed by atoms with van der Waals surface area (Å²) in [4.78, 5) is 0. The van der Waals surface area contributed by atoms with Crippen molar-refractivity contribution in [1.82, 2.24) is 0 Å². The summed E-state index contributed by atoms with van der Waals surface area (Å²) in [5, 5.41) is 0.704. The van der Waals surface area contributed by atoms with E-state index >= 15 is 0 Å². The Morgan fingerprint density at radius 1 is 1.17 bits per heavy atom. The van der Waals surface area contributed by atoms with Crippen molar-refractivity contribution in [2.24, 2.45) is 5.73 Å². The van der Waals surface area contributed by atoms with Gasteiger partial charge in [-0.1, -0.05) is 35.9 Å². The molecule has 0 radical (unpaired) electrons. The molecule has 0 saturated heterocycles. The number of halogens is 1. The Kier molecular flexibility index (Phi) is 4.24. The van der Waals surface area contributed by atoms with E-state index in [0.717, 1.165) is 23.3 Å². The molecule has 0 amide bonds. The van der Waals surface area contributed by atoms with Crippen LogP contribution in [0, 0.1) is 0 Å². The van der Waals surface area contributed by atoms with Gasteiger partial charge in [-0.2, -0.15) is 0 Å². The van der Waals surface area contributed by atoms with Crippen LogP contribution in [0.2, 0.25) is 5.02 Å². The molecule has 0 heterocycles. The molecule has 0 fully saturated rings. The molecule has 0 spiro atoms. The van der Waals surface area contributed by atoms with Crippen LogP contribution in [-0.2, 0) is 6.42 Å². The topological polar surface area (TPSA) is 35.2 Å². The lowest BCUT2D eigenvalue weighted by atomic mass is 10.0. The van der Waals surface area contributed by atoms with E-state index in [9.17, 15) is 0 Å². The first-order valence-electron chi connectivity index (χ1n) is 5.87. The van der Waals surface area contributed by atoms with Crippen LogP contribution in [0.3, 0.4) is 0 Å². The Hall–Kier alpha value is -1.51. The minimum atomic E-state index is 0.649. The van der Waals surface area contributed by atoms with Gasteiger partial charge in [0, 0.05) is 10.6 Å². The molecule has 3 heteroatoms. The van der Waals surface area contributed by atoms with Gasteiger partial charge in [-0.25, -0.2) is 0 Å². The number of nitrogens with two attached hydrogens (primary N) is 1. The number of rotatable bonds is 4. The van der Waals surface area contributed by atoms with Gasteiger partial charge in [0.25, 0.3) is 0 Å². The second-order valence-corrected chi connectivity index (χ2v) is 4.52. The monoisotopic (exact) mass is 261 g/mol. The largest absolute Gasteiger partial charge is 0.496 e. The van der Waals surface area contributed by atoms with Gasteiger partial charge < -0.3 is 10.5 Å². The Morgan fingerprint density at radius 3 is 2.72 bits per heavy atom. The predicted molar refractivity (Wildman–Crippen MR) is 76.2 cm³/mol. The van der Waals surface area contributed by atoms with E-state index in [1.807, 2.05) is 30.3 Å². The lowest BCUT2D eigenvalue weighted by Gasteiger charge is -2.10. The van der Waals surface area contributed by atoms with Crippen molar-refractivity contribution in [1.29, 1.82) is 0 Å². The molecule has 0 saturated carbocycles. The average molecular weight is 262 g/mol. The molecule has 2 N–H and O–H groups in total. The van der Waals surface area contributed by atoms with Crippen molar-refractivity contribution < 1.29 is 4.74 Å². The van der Waals surface area contributed by atoms with Gasteiger partial charge in [-0.15, -0.1) is 0 Å². The SMILES string of the molecule is COc1ccc(Cl)cc1-c1cccc(CCN)c1. The fraction of sp³-hybridized carbons (Fsp3) is 0.200. The van der Waals surface area contributed by atoms with Crippen LogP contribution in [0.5, 0.6) is 5.75 Å². The molecule has 0 aromatic heterocycles. The summed E-state index contributed by atoms with van der Waals surface area (Å²) in [5.41, 5.74) is 8.90. The van der Waals surface area contributed by atoms with E-state index < -0.39 is 0 Å². The number of benzene rings is 2. The standard InChI is InChI=1S/C15H16ClNO/c1-18-15-6-5-13(16)10-14(15)12-4-2-3-11(9-12)7-8-17/h2-6,9-10H,7-8,17H2,1H3. The third-order valence-electron chi connectivity index (χ3n) is 2.83. The zero-order valence-electron chi connectivity index (χ0n) is 10.3. The molecule has 94 valence electrons. The van der Waals surface area contributed by atoms with Crippen LogP contribution in [0.15, 0.2) is 42.5 Å². The van der Waals surface area contributed by atoms with Gasteiger partial charge in [0.15, 0.2) is 0 Å². The fourth-order valence-corrected chi connectivity index (χ4v) is 2.14. The van der Waals surface area contributed by atoms with Crippen LogP contribution < -0.4 is 10.5 Å². The van der Waals surface area contributed by atoms with E-state index in [1.165, 1.54) is 5.56 Å². The molecule has 0 aliphatic heterocycles. The minimum absolute atomic E-state index is 0.649. The molecule has 2 aromatic carbocycles. The van der Waals surface area contributed by atoms with Gasteiger partial charge in [-0.3, -0.25) is 0 Å². The van der Waals surface area contributed by atoms with Gasteiger partial charge in [0.1, 0.15) is 5.75 Å². The highest BCUT2D eigenvalue weighted by Crippen LogP contribution is 2.32. The Labute approximate surface area is 112 Å². The van der Waals surface area contributed by atoms with Crippen molar-refractivity contribution in [3.05, 3.63) is 53.1 Å². The summed E-state index contributed by atoms with van der Waals surface area (Å²) in [6.07, 6.45) is 0.872. The first-order chi connectivity index (χ1) is 8.74. The Balaban J connectivity index is 2.47. The van der Waals surface area contributed by atoms with Crippen LogP contribution in [-0.4, -0.2) is 13.7 Å². The van der Waals surface area contributed by atoms with Crippen molar-refractivity contribution in [3.63, 3.8) is 0 Å². The average Bonchev–Trinajstić information content (AvgIpc) is 2.39. The van der Waals surface area contributed by atoms with Crippen molar-refractivity contribution in [2.75, 3.05) is 13.7 Å². The molecule has 0 aliphatic rings. The Bertz CT molecular complexity index is 540. The van der Waals surface area contributed by atoms with Gasteiger partial charge in [0.2, 0.25) is 0 Å². The molecule has 2 rings (SSSR count). The fourth-order valence-electron chi connectivity index (χ4n) is 1.97. The second kappa shape index (κ2) is 5.89. The molecule has 0 unspecified atom stereocenters. The van der Waals surface area contributed by atoms with Gasteiger partial charge in [0.05, 0.1) is 7.11 Å². The molecule has 2 nitrogen and oxygen atoms in total. The normalized spacial score (nSPS) is 10.4. The highest BCUT2D eigenvalue weighted by atomic mass is 35.5. The van der Waals surface area contributed by atoms with Crippen LogP contribution >= 0.6 is 11.6 Å². The maximum atomic E-state index is 6.05. The van der Waals surface area contributed by atoms with E-state index in [0.29, 0.717) is 11.6 Å². The van der Waals surface area contributed by atoms with Crippen molar-refractivity contribution in [3.8, 4) is 16.9 Å². The molecule has 0 aliphatic carbocycles. The van der Waals surface area contributed by atoms with E-state index in [1.54, 1.807) is 7.11 Å². The summed E-state index contributed by atoms with van der Waals surface area (Å²) in [6, 6.07) is 13.9. The second-order valence-electron chi connectivity index (χ2n) is 4.08. The summed E-state index contributed by atoms with van der Waals surface area (Å²) in [7, 11) is 1.66. The molecular formula is C15H16ClNO. The Morgan fingerprint density at radius 2 is 2.00 bits per heavy atom. The summed E-state index contributed by atoms with van der Waals surface area (Å²) in [5.74, 6) is 0.823. The summed E-state index contributed by atoms with van der Waals surface area (Å²) >= 11 is 6.05. The highest BCUT2D eigenvalue weighted by Gasteiger charge is 2.07. The number of hydrogen-bond donors (Lipinski definition) is 1. The third kappa shape index (κ3) is 2.84. The quantitative estimate of drug-likeness (QED) is 0.914. The smallest absolute Gasteiger partial charge is 0.126 e. The molecule has 0 bridgehead atoms. The van der Waals surface area contributed by atoms with Crippen molar-refractivity contribution >= 4 is 11.6 Å². The van der Waals surface area contributed by atoms with E-state index in [2.05, 4.69) is 12.1 Å². The lowest BCUT2D eigenvalue weighted by molar-refractivity contribution is 0.416. The molecule has 2 aromatic rings. The highest BCUT2D eigenvalue weighted by molar-refractivity contribution is 6.31. The van der Waals surface area contributed by atoms with Crippen LogP contribution in [0.25, 0.3) is 11.1 Å². The van der Waals surface area contributed by atoms with E-state index in [-0.39, 0.29) is 0 Å². The van der Waals surface area contributed by atoms with E-state index in [4.69, 9.17) is 22.1 Å². The van der Waals surface area contributed by atoms with Gasteiger partial charge >= 0.3 is 0 Å². The summed E-state index contributed by atoms with van der Waals surface area (Å²) in [6.45, 7) is 0.649. The van der Waals surface area contributed by atoms with Gasteiger partial charge in [-0.05, 0) is 42.3 Å². The maximum absolute atomic E-state index is 6.05. The van der Waals surface area contributed by atoms with Crippen LogP contribution in [0.4, 0.5) is 0 Å². The minimum Gasteiger partial charge on any atom is -0.496 e. The number of hydrogen-bond acceptors (Lipinski definition) is 2. The number of ether oxygens (including phenoxy) is 1.